The van der Waals surface area contributed by atoms with Gasteiger partial charge in [0.1, 0.15) is 0 Å². The third-order valence-electron chi connectivity index (χ3n) is 3.00. The summed E-state index contributed by atoms with van der Waals surface area (Å²) in [5.41, 5.74) is 6.84. The summed E-state index contributed by atoms with van der Waals surface area (Å²) in [6.07, 6.45) is 0. The molecule has 3 aromatic carbocycles. The molecule has 3 rings (SSSR count). The third-order valence-corrected chi connectivity index (χ3v) is 3.00. The lowest BCUT2D eigenvalue weighted by atomic mass is 10.0. The van der Waals surface area contributed by atoms with Gasteiger partial charge >= 0.3 is 0 Å². The van der Waals surface area contributed by atoms with Crippen molar-refractivity contribution in [2.24, 2.45) is 5.73 Å². The van der Waals surface area contributed by atoms with Gasteiger partial charge in [-0.1, -0.05) is 36.4 Å². The minimum atomic E-state index is 0.600. The van der Waals surface area contributed by atoms with Gasteiger partial charge in [0.15, 0.2) is 0 Å². The largest absolute Gasteiger partial charge is 0.326 e. The predicted octanol–water partition coefficient (Wildman–Crippen LogP) is 3.45. The molecule has 3 aromatic rings. The molecule has 0 unspecified atom stereocenters. The van der Waals surface area contributed by atoms with E-state index in [0.29, 0.717) is 6.54 Å². The Morgan fingerprint density at radius 1 is 0.688 bits per heavy atom. The first kappa shape index (κ1) is 9.37. The Labute approximate surface area is 94.5 Å². The topological polar surface area (TPSA) is 26.0 Å². The van der Waals surface area contributed by atoms with E-state index >= 15 is 0 Å². The monoisotopic (exact) mass is 207 g/mol. The van der Waals surface area contributed by atoms with Crippen molar-refractivity contribution in [3.63, 3.8) is 0 Å². The number of nitrogens with two attached hydrogens (primary N) is 1. The van der Waals surface area contributed by atoms with Crippen molar-refractivity contribution in [3.8, 4) is 0 Å². The molecule has 78 valence electrons. The van der Waals surface area contributed by atoms with E-state index in [4.69, 9.17) is 5.73 Å². The standard InChI is InChI=1S/C15H13N/c16-10-11-5-6-14-8-12-3-1-2-4-13(12)9-15(14)7-11/h1-9H,10,16H2. The molecule has 0 fully saturated rings. The molecule has 1 heteroatoms. The SMILES string of the molecule is NCc1ccc2cc3ccccc3cc2c1. The van der Waals surface area contributed by atoms with E-state index in [0.717, 1.165) is 0 Å². The normalized spacial score (nSPS) is 11.1. The number of fused-ring (bicyclic) bond motifs is 2. The first-order valence-electron chi connectivity index (χ1n) is 5.48. The van der Waals surface area contributed by atoms with Gasteiger partial charge in [-0.2, -0.15) is 0 Å². The van der Waals surface area contributed by atoms with Gasteiger partial charge in [0.05, 0.1) is 0 Å². The molecule has 2 N–H and O–H groups in total. The zero-order chi connectivity index (χ0) is 11.0. The molecule has 16 heavy (non-hydrogen) atoms. The maximum Gasteiger partial charge on any atom is 0.0178 e. The molecular formula is C15H13N. The van der Waals surface area contributed by atoms with Crippen LogP contribution in [0.5, 0.6) is 0 Å². The molecule has 0 aliphatic heterocycles. The fraction of sp³-hybridized carbons (Fsp3) is 0.0667. The van der Waals surface area contributed by atoms with Crippen LogP contribution in [0.15, 0.2) is 54.6 Å². The highest BCUT2D eigenvalue weighted by Gasteiger charge is 1.98. The van der Waals surface area contributed by atoms with Crippen LogP contribution in [-0.2, 0) is 6.54 Å². The number of benzene rings is 3. The minimum absolute atomic E-state index is 0.600. The van der Waals surface area contributed by atoms with Crippen molar-refractivity contribution in [1.82, 2.24) is 0 Å². The first-order valence-corrected chi connectivity index (χ1v) is 5.48. The Hall–Kier alpha value is -1.86. The van der Waals surface area contributed by atoms with Gasteiger partial charge in [0, 0.05) is 6.54 Å². The van der Waals surface area contributed by atoms with Crippen LogP contribution in [0, 0.1) is 0 Å². The lowest BCUT2D eigenvalue weighted by Gasteiger charge is -2.04. The third kappa shape index (κ3) is 1.46. The van der Waals surface area contributed by atoms with Gasteiger partial charge in [0.2, 0.25) is 0 Å². The molecule has 0 saturated carbocycles. The molecule has 0 heterocycles. The first-order chi connectivity index (χ1) is 7.86. The zero-order valence-corrected chi connectivity index (χ0v) is 8.98. The molecule has 0 amide bonds. The molecule has 0 spiro atoms. The van der Waals surface area contributed by atoms with Crippen molar-refractivity contribution < 1.29 is 0 Å². The van der Waals surface area contributed by atoms with Gasteiger partial charge in [0.25, 0.3) is 0 Å². The zero-order valence-electron chi connectivity index (χ0n) is 8.98. The minimum Gasteiger partial charge on any atom is -0.326 e. The average Bonchev–Trinajstić information content (AvgIpc) is 2.35. The Morgan fingerprint density at radius 3 is 2.00 bits per heavy atom. The van der Waals surface area contributed by atoms with Crippen LogP contribution in [-0.4, -0.2) is 0 Å². The average molecular weight is 207 g/mol. The summed E-state index contributed by atoms with van der Waals surface area (Å²) < 4.78 is 0. The van der Waals surface area contributed by atoms with E-state index < -0.39 is 0 Å². The van der Waals surface area contributed by atoms with Gasteiger partial charge in [-0.15, -0.1) is 0 Å². The summed E-state index contributed by atoms with van der Waals surface area (Å²) in [5, 5.41) is 5.11. The van der Waals surface area contributed by atoms with Gasteiger partial charge < -0.3 is 5.73 Å². The molecule has 0 saturated heterocycles. The molecule has 1 nitrogen and oxygen atoms in total. The van der Waals surface area contributed by atoms with Crippen LogP contribution in [0.2, 0.25) is 0 Å². The van der Waals surface area contributed by atoms with Crippen molar-refractivity contribution in [2.45, 2.75) is 6.54 Å². The lowest BCUT2D eigenvalue weighted by molar-refractivity contribution is 1.08. The Kier molecular flexibility index (Phi) is 2.12. The maximum absolute atomic E-state index is 5.65. The van der Waals surface area contributed by atoms with E-state index in [9.17, 15) is 0 Å². The molecule has 0 aromatic heterocycles. The predicted molar refractivity (Wildman–Crippen MR) is 69.3 cm³/mol. The second kappa shape index (κ2) is 3.62. The molecule has 0 atom stereocenters. The van der Waals surface area contributed by atoms with Gasteiger partial charge in [-0.25, -0.2) is 0 Å². The Bertz CT molecular complexity index is 656. The van der Waals surface area contributed by atoms with E-state index in [-0.39, 0.29) is 0 Å². The summed E-state index contributed by atoms with van der Waals surface area (Å²) in [5.74, 6) is 0. The van der Waals surface area contributed by atoms with Crippen molar-refractivity contribution >= 4 is 21.5 Å². The fourth-order valence-corrected chi connectivity index (χ4v) is 2.12. The molecule has 0 bridgehead atoms. The van der Waals surface area contributed by atoms with E-state index in [1.54, 1.807) is 0 Å². The summed E-state index contributed by atoms with van der Waals surface area (Å²) in [6, 6.07) is 19.3. The Balaban J connectivity index is 2.37. The van der Waals surface area contributed by atoms with Crippen LogP contribution in [0.4, 0.5) is 0 Å². The quantitative estimate of drug-likeness (QED) is 0.608. The highest BCUT2D eigenvalue weighted by molar-refractivity contribution is 5.98. The van der Waals surface area contributed by atoms with E-state index in [2.05, 4.69) is 54.6 Å². The summed E-state index contributed by atoms with van der Waals surface area (Å²) >= 11 is 0. The van der Waals surface area contributed by atoms with Crippen molar-refractivity contribution in [2.75, 3.05) is 0 Å². The number of rotatable bonds is 1. The fourth-order valence-electron chi connectivity index (χ4n) is 2.12. The van der Waals surface area contributed by atoms with Crippen LogP contribution in [0.25, 0.3) is 21.5 Å². The Morgan fingerprint density at radius 2 is 1.31 bits per heavy atom. The van der Waals surface area contributed by atoms with E-state index in [1.807, 2.05) is 0 Å². The molecule has 0 radical (unpaired) electrons. The van der Waals surface area contributed by atoms with Crippen LogP contribution >= 0.6 is 0 Å². The molecule has 0 aliphatic rings. The summed E-state index contributed by atoms with van der Waals surface area (Å²) in [6.45, 7) is 0.600. The lowest BCUT2D eigenvalue weighted by Crippen LogP contribution is -1.95. The van der Waals surface area contributed by atoms with Crippen LogP contribution in [0.1, 0.15) is 5.56 Å². The maximum atomic E-state index is 5.65. The number of hydrogen-bond donors (Lipinski definition) is 1. The molecule has 0 aliphatic carbocycles. The smallest absolute Gasteiger partial charge is 0.0178 e. The van der Waals surface area contributed by atoms with Gasteiger partial charge in [-0.05, 0) is 45.3 Å². The number of hydrogen-bond acceptors (Lipinski definition) is 1. The van der Waals surface area contributed by atoms with Gasteiger partial charge in [-0.3, -0.25) is 0 Å². The highest BCUT2D eigenvalue weighted by Crippen LogP contribution is 2.23. The van der Waals surface area contributed by atoms with E-state index in [1.165, 1.54) is 27.1 Å². The molecular weight excluding hydrogens is 194 g/mol. The highest BCUT2D eigenvalue weighted by atomic mass is 14.5. The second-order valence-corrected chi connectivity index (χ2v) is 4.08. The summed E-state index contributed by atoms with van der Waals surface area (Å²) in [7, 11) is 0. The van der Waals surface area contributed by atoms with Crippen LogP contribution in [0.3, 0.4) is 0 Å². The second-order valence-electron chi connectivity index (χ2n) is 4.08. The van der Waals surface area contributed by atoms with Crippen molar-refractivity contribution in [1.29, 1.82) is 0 Å². The van der Waals surface area contributed by atoms with Crippen LogP contribution < -0.4 is 5.73 Å². The van der Waals surface area contributed by atoms with Crippen molar-refractivity contribution in [3.05, 3.63) is 60.2 Å². The summed E-state index contributed by atoms with van der Waals surface area (Å²) in [4.78, 5) is 0.